The summed E-state index contributed by atoms with van der Waals surface area (Å²) in [5.41, 5.74) is -0.388. The zero-order valence-electron chi connectivity index (χ0n) is 9.14. The summed E-state index contributed by atoms with van der Waals surface area (Å²) >= 11 is 0. The maximum Gasteiger partial charge on any atom is 0.192 e. The van der Waals surface area contributed by atoms with E-state index >= 15 is 0 Å². The molecule has 1 aromatic rings. The highest BCUT2D eigenvalue weighted by molar-refractivity contribution is 7.68. The van der Waals surface area contributed by atoms with Crippen molar-refractivity contribution in [3.8, 4) is 5.75 Å². The van der Waals surface area contributed by atoms with Crippen molar-refractivity contribution < 1.29 is 23.9 Å². The normalized spacial score (nSPS) is 11.3. The Morgan fingerprint density at radius 3 is 2.25 bits per heavy atom. The van der Waals surface area contributed by atoms with E-state index in [9.17, 15) is 19.1 Å². The van der Waals surface area contributed by atoms with Gasteiger partial charge in [0, 0.05) is 13.2 Å². The number of carbonyl (C=O) groups excluding carboxylic acids is 1. The molecule has 0 saturated carbocycles. The average molecular weight is 242 g/mol. The lowest BCUT2D eigenvalue weighted by Gasteiger charge is -2.28. The zero-order valence-corrected chi connectivity index (χ0v) is 10.0. The quantitative estimate of drug-likeness (QED) is 0.714. The van der Waals surface area contributed by atoms with Crippen molar-refractivity contribution in [1.82, 2.24) is 0 Å². The third kappa shape index (κ3) is 2.32. The summed E-state index contributed by atoms with van der Waals surface area (Å²) in [4.78, 5) is 32.6. The van der Waals surface area contributed by atoms with Gasteiger partial charge < -0.3 is 19.1 Å². The second-order valence-corrected chi connectivity index (χ2v) is 4.77. The molecule has 6 heteroatoms. The Hall–Kier alpha value is -1.16. The largest absolute Gasteiger partial charge is 0.805 e. The summed E-state index contributed by atoms with van der Waals surface area (Å²) in [6.45, 7) is 3.26. The van der Waals surface area contributed by atoms with Crippen molar-refractivity contribution in [1.29, 1.82) is 0 Å². The summed E-state index contributed by atoms with van der Waals surface area (Å²) in [5.74, 6) is 0.542. The van der Waals surface area contributed by atoms with Crippen LogP contribution in [0.15, 0.2) is 12.1 Å². The fourth-order valence-electron chi connectivity index (χ4n) is 1.40. The predicted molar refractivity (Wildman–Crippen MR) is 54.4 cm³/mol. The fourth-order valence-corrected chi connectivity index (χ4v) is 1.93. The number of methoxy groups -OCH3 is 1. The molecule has 16 heavy (non-hydrogen) atoms. The van der Waals surface area contributed by atoms with E-state index in [-0.39, 0.29) is 5.56 Å². The molecule has 0 aromatic heterocycles. The second kappa shape index (κ2) is 4.37. The summed E-state index contributed by atoms with van der Waals surface area (Å²) in [7, 11) is -3.76. The minimum Gasteiger partial charge on any atom is -0.805 e. The van der Waals surface area contributed by atoms with Gasteiger partial charge in [0.05, 0.1) is 7.11 Å². The number of benzene rings is 1. The van der Waals surface area contributed by atoms with Crippen LogP contribution in [-0.4, -0.2) is 12.6 Å². The molecule has 0 bridgehead atoms. The lowest BCUT2D eigenvalue weighted by atomic mass is 10.0. The van der Waals surface area contributed by atoms with Crippen molar-refractivity contribution >= 4 is 13.1 Å². The maximum atomic E-state index is 11.3. The average Bonchev–Trinajstić information content (AvgIpc) is 2.20. The maximum absolute atomic E-state index is 11.3. The topological polar surface area (TPSA) is 89.5 Å². The van der Waals surface area contributed by atoms with Gasteiger partial charge in [0.2, 0.25) is 0 Å². The number of carbonyl (C=O) groups is 1. The molecule has 0 saturated heterocycles. The van der Waals surface area contributed by atoms with E-state index in [2.05, 4.69) is 0 Å². The van der Waals surface area contributed by atoms with Crippen LogP contribution in [0.2, 0.25) is 0 Å². The van der Waals surface area contributed by atoms with Gasteiger partial charge in [0.1, 0.15) is 5.75 Å². The Morgan fingerprint density at radius 2 is 1.81 bits per heavy atom. The first-order valence-corrected chi connectivity index (χ1v) is 6.04. The molecule has 0 aliphatic rings. The van der Waals surface area contributed by atoms with E-state index in [1.54, 1.807) is 13.8 Å². The first kappa shape index (κ1) is 12.9. The Morgan fingerprint density at radius 1 is 1.25 bits per heavy atom. The van der Waals surface area contributed by atoms with Crippen molar-refractivity contribution in [3.63, 3.8) is 0 Å². The van der Waals surface area contributed by atoms with Crippen molar-refractivity contribution in [2.45, 2.75) is 13.8 Å². The third-order valence-corrected chi connectivity index (χ3v) is 3.17. The first-order valence-electron chi connectivity index (χ1n) is 4.50. The van der Waals surface area contributed by atoms with Gasteiger partial charge >= 0.3 is 0 Å². The summed E-state index contributed by atoms with van der Waals surface area (Å²) < 4.78 is 15.7. The van der Waals surface area contributed by atoms with Crippen LogP contribution in [0.25, 0.3) is 0 Å². The molecule has 0 fully saturated rings. The van der Waals surface area contributed by atoms with Gasteiger partial charge in [-0.05, 0) is 37.1 Å². The van der Waals surface area contributed by atoms with E-state index in [0.717, 1.165) is 0 Å². The lowest BCUT2D eigenvalue weighted by Crippen LogP contribution is -2.22. The minimum absolute atomic E-state index is 0.0911. The highest BCUT2D eigenvalue weighted by Crippen LogP contribution is 2.33. The van der Waals surface area contributed by atoms with Gasteiger partial charge in [0.15, 0.2) is 5.52 Å². The molecule has 88 valence electrons. The van der Waals surface area contributed by atoms with Crippen LogP contribution in [0.1, 0.15) is 21.5 Å². The smallest absolute Gasteiger partial charge is 0.192 e. The highest BCUT2D eigenvalue weighted by Gasteiger charge is 2.15. The van der Waals surface area contributed by atoms with E-state index < -0.39 is 13.1 Å². The molecule has 0 unspecified atom stereocenters. The van der Waals surface area contributed by atoms with Crippen LogP contribution in [0, 0.1) is 13.8 Å². The van der Waals surface area contributed by atoms with Crippen molar-refractivity contribution in [3.05, 3.63) is 28.8 Å². The van der Waals surface area contributed by atoms with Crippen molar-refractivity contribution in [2.24, 2.45) is 0 Å². The summed E-state index contributed by atoms with van der Waals surface area (Å²) in [6.07, 6.45) is 0. The molecule has 0 amide bonds. The van der Waals surface area contributed by atoms with Crippen LogP contribution < -0.4 is 14.5 Å². The Bertz CT molecular complexity index is 474. The molecule has 1 rings (SSSR count). The van der Waals surface area contributed by atoms with E-state index in [1.807, 2.05) is 0 Å². The monoisotopic (exact) mass is 242 g/mol. The number of rotatable bonds is 3. The molecular formula is C10H11O5P-2. The Labute approximate surface area is 93.2 Å². The highest BCUT2D eigenvalue weighted by atomic mass is 31.2. The SMILES string of the molecule is COc1ccc(C(=O)P(=O)([O-])[O-])c(C)c1C. The Balaban J connectivity index is 3.34. The fraction of sp³-hybridized carbons (Fsp3) is 0.300. The van der Waals surface area contributed by atoms with Gasteiger partial charge in [0.25, 0.3) is 0 Å². The molecule has 0 radical (unpaired) electrons. The predicted octanol–water partition coefficient (Wildman–Crippen LogP) is 0.366. The van der Waals surface area contributed by atoms with E-state index in [0.29, 0.717) is 16.9 Å². The molecule has 5 nitrogen and oxygen atoms in total. The van der Waals surface area contributed by atoms with Crippen LogP contribution >= 0.6 is 7.60 Å². The molecule has 0 spiro atoms. The van der Waals surface area contributed by atoms with Gasteiger partial charge in [-0.2, -0.15) is 0 Å². The van der Waals surface area contributed by atoms with E-state index in [1.165, 1.54) is 19.2 Å². The van der Waals surface area contributed by atoms with E-state index in [4.69, 9.17) is 4.74 Å². The first-order chi connectivity index (χ1) is 7.29. The molecule has 0 N–H and O–H groups in total. The standard InChI is InChI=1S/C10H13O5P/c1-6-7(2)9(15-3)5-4-8(6)10(11)16(12,13)14/h4-5H,1-3H3,(H2,12,13,14)/p-2. The van der Waals surface area contributed by atoms with Gasteiger partial charge in [-0.1, -0.05) is 0 Å². The molecule has 0 aliphatic carbocycles. The summed E-state index contributed by atoms with van der Waals surface area (Å²) in [5, 5.41) is 0. The van der Waals surface area contributed by atoms with Crippen molar-refractivity contribution in [2.75, 3.05) is 7.11 Å². The third-order valence-electron chi connectivity index (χ3n) is 2.44. The van der Waals surface area contributed by atoms with Gasteiger partial charge in [-0.15, -0.1) is 0 Å². The van der Waals surface area contributed by atoms with Crippen LogP contribution in [0.4, 0.5) is 0 Å². The van der Waals surface area contributed by atoms with Crippen LogP contribution in [0.5, 0.6) is 5.75 Å². The minimum atomic E-state index is -5.23. The number of ether oxygens (including phenoxy) is 1. The molecule has 0 heterocycles. The molecule has 0 aliphatic heterocycles. The van der Waals surface area contributed by atoms with Crippen LogP contribution in [0.3, 0.4) is 0 Å². The number of hydrogen-bond donors (Lipinski definition) is 0. The van der Waals surface area contributed by atoms with Gasteiger partial charge in [-0.25, -0.2) is 0 Å². The summed E-state index contributed by atoms with van der Waals surface area (Å²) in [6, 6.07) is 2.75. The van der Waals surface area contributed by atoms with Gasteiger partial charge in [-0.3, -0.25) is 4.79 Å². The molecule has 1 aromatic carbocycles. The Kier molecular flexibility index (Phi) is 3.53. The molecular weight excluding hydrogens is 231 g/mol. The number of hydrogen-bond acceptors (Lipinski definition) is 5. The van der Waals surface area contributed by atoms with Crippen LogP contribution in [-0.2, 0) is 4.57 Å². The second-order valence-electron chi connectivity index (χ2n) is 3.37. The molecule has 0 atom stereocenters. The lowest BCUT2D eigenvalue weighted by molar-refractivity contribution is -0.307. The zero-order chi connectivity index (χ0) is 12.5.